The molecule has 0 saturated carbocycles. The molecule has 1 N–H and O–H groups in total. The molecule has 0 aliphatic heterocycles. The van der Waals surface area contributed by atoms with Crippen LogP contribution >= 0.6 is 0 Å². The number of anilines is 2. The predicted octanol–water partition coefficient (Wildman–Crippen LogP) is 4.23. The Hall–Kier alpha value is -3.47. The lowest BCUT2D eigenvalue weighted by atomic mass is 10.1. The summed E-state index contributed by atoms with van der Waals surface area (Å²) in [6, 6.07) is 18.3. The van der Waals surface area contributed by atoms with Crippen LogP contribution in [0.4, 0.5) is 11.4 Å². The largest absolute Gasteiger partial charge is 0.320 e. The molecule has 0 aliphatic rings. The maximum absolute atomic E-state index is 12.7. The van der Waals surface area contributed by atoms with E-state index in [-0.39, 0.29) is 17.5 Å². The minimum Gasteiger partial charge on any atom is -0.320 e. The molecule has 5 nitrogen and oxygen atoms in total. The van der Waals surface area contributed by atoms with Gasteiger partial charge in [-0.05, 0) is 49.7 Å². The Morgan fingerprint density at radius 2 is 1.70 bits per heavy atom. The summed E-state index contributed by atoms with van der Waals surface area (Å²) >= 11 is 0. The summed E-state index contributed by atoms with van der Waals surface area (Å²) in [6.07, 6.45) is 1.48. The van der Waals surface area contributed by atoms with E-state index in [0.29, 0.717) is 5.56 Å². The highest BCUT2D eigenvalue weighted by Crippen LogP contribution is 2.18. The van der Waals surface area contributed by atoms with Gasteiger partial charge in [0.25, 0.3) is 11.8 Å². The highest BCUT2D eigenvalue weighted by molar-refractivity contribution is 6.08. The second-order valence-corrected chi connectivity index (χ2v) is 6.40. The van der Waals surface area contributed by atoms with Gasteiger partial charge >= 0.3 is 0 Å². The van der Waals surface area contributed by atoms with Crippen LogP contribution in [0, 0.1) is 13.8 Å². The molecular formula is C22H21N3O2. The van der Waals surface area contributed by atoms with Crippen LogP contribution in [0.5, 0.6) is 0 Å². The fourth-order valence-electron chi connectivity index (χ4n) is 2.79. The standard InChI is InChI=1S/C22H21N3O2/c1-15-9-10-19(16(2)13-15)24-21(26)20-14-17(11-12-23-20)22(27)25(3)18-7-5-4-6-8-18/h4-14H,1-3H3,(H,24,26). The molecule has 0 unspecified atom stereocenters. The van der Waals surface area contributed by atoms with Gasteiger partial charge in [-0.1, -0.05) is 35.9 Å². The first-order valence-corrected chi connectivity index (χ1v) is 8.63. The third kappa shape index (κ3) is 4.20. The zero-order valence-electron chi connectivity index (χ0n) is 15.6. The average Bonchev–Trinajstić information content (AvgIpc) is 2.69. The number of benzene rings is 2. The molecule has 3 rings (SSSR count). The van der Waals surface area contributed by atoms with Crippen LogP contribution in [0.2, 0.25) is 0 Å². The molecule has 136 valence electrons. The van der Waals surface area contributed by atoms with Gasteiger partial charge in [0.05, 0.1) is 0 Å². The van der Waals surface area contributed by atoms with E-state index in [4.69, 9.17) is 0 Å². The zero-order valence-corrected chi connectivity index (χ0v) is 15.6. The molecule has 0 atom stereocenters. The van der Waals surface area contributed by atoms with E-state index in [0.717, 1.165) is 22.5 Å². The fourth-order valence-corrected chi connectivity index (χ4v) is 2.79. The summed E-state index contributed by atoms with van der Waals surface area (Å²) < 4.78 is 0. The van der Waals surface area contributed by atoms with Gasteiger partial charge in [0.15, 0.2) is 0 Å². The summed E-state index contributed by atoms with van der Waals surface area (Å²) in [5.74, 6) is -0.553. The Morgan fingerprint density at radius 3 is 2.41 bits per heavy atom. The Balaban J connectivity index is 1.80. The molecule has 3 aromatic rings. The van der Waals surface area contributed by atoms with Crippen molar-refractivity contribution < 1.29 is 9.59 Å². The number of aromatic nitrogens is 1. The molecule has 27 heavy (non-hydrogen) atoms. The first kappa shape index (κ1) is 18.3. The lowest BCUT2D eigenvalue weighted by Crippen LogP contribution is -2.26. The predicted molar refractivity (Wildman–Crippen MR) is 107 cm³/mol. The zero-order chi connectivity index (χ0) is 19.4. The fraction of sp³-hybridized carbons (Fsp3) is 0.136. The first-order valence-electron chi connectivity index (χ1n) is 8.63. The first-order chi connectivity index (χ1) is 13.0. The third-order valence-electron chi connectivity index (χ3n) is 4.32. The third-order valence-corrected chi connectivity index (χ3v) is 4.32. The van der Waals surface area contributed by atoms with Crippen LogP contribution in [0.25, 0.3) is 0 Å². The molecule has 1 heterocycles. The molecule has 1 aromatic heterocycles. The maximum Gasteiger partial charge on any atom is 0.274 e. The van der Waals surface area contributed by atoms with Crippen LogP contribution in [0.1, 0.15) is 32.0 Å². The molecule has 0 bridgehead atoms. The number of aryl methyl sites for hydroxylation is 2. The quantitative estimate of drug-likeness (QED) is 0.758. The van der Waals surface area contributed by atoms with Crippen LogP contribution in [0.15, 0.2) is 66.9 Å². The number of carbonyl (C=O) groups excluding carboxylic acids is 2. The van der Waals surface area contributed by atoms with Gasteiger partial charge in [0.2, 0.25) is 0 Å². The molecule has 0 spiro atoms. The minimum atomic E-state index is -0.348. The van der Waals surface area contributed by atoms with Crippen LogP contribution in [-0.4, -0.2) is 23.8 Å². The van der Waals surface area contributed by atoms with Crippen LogP contribution in [-0.2, 0) is 0 Å². The Kier molecular flexibility index (Phi) is 5.31. The lowest BCUT2D eigenvalue weighted by Gasteiger charge is -2.17. The van der Waals surface area contributed by atoms with Gasteiger partial charge in [-0.3, -0.25) is 14.6 Å². The number of pyridine rings is 1. The SMILES string of the molecule is Cc1ccc(NC(=O)c2cc(C(=O)N(C)c3ccccc3)ccn2)c(C)c1. The number of carbonyl (C=O) groups is 2. The van der Waals surface area contributed by atoms with Gasteiger partial charge in [-0.2, -0.15) is 0 Å². The van der Waals surface area contributed by atoms with E-state index in [1.165, 1.54) is 12.3 Å². The van der Waals surface area contributed by atoms with Crippen molar-refractivity contribution in [3.63, 3.8) is 0 Å². The van der Waals surface area contributed by atoms with E-state index in [1.54, 1.807) is 18.0 Å². The van der Waals surface area contributed by atoms with Crippen molar-refractivity contribution in [3.8, 4) is 0 Å². The number of para-hydroxylation sites is 1. The van der Waals surface area contributed by atoms with Crippen molar-refractivity contribution in [1.29, 1.82) is 0 Å². The van der Waals surface area contributed by atoms with E-state index >= 15 is 0 Å². The van der Waals surface area contributed by atoms with Crippen LogP contribution in [0.3, 0.4) is 0 Å². The van der Waals surface area contributed by atoms with E-state index in [9.17, 15) is 9.59 Å². The molecule has 0 aliphatic carbocycles. The van der Waals surface area contributed by atoms with Gasteiger partial charge in [-0.15, -0.1) is 0 Å². The Morgan fingerprint density at radius 1 is 0.963 bits per heavy atom. The normalized spacial score (nSPS) is 10.3. The number of amides is 2. The molecule has 0 saturated heterocycles. The molecule has 0 radical (unpaired) electrons. The van der Waals surface area contributed by atoms with Gasteiger partial charge in [-0.25, -0.2) is 0 Å². The molecule has 5 heteroatoms. The molecule has 2 amide bonds. The van der Waals surface area contributed by atoms with E-state index < -0.39 is 0 Å². The Labute approximate surface area is 158 Å². The summed E-state index contributed by atoms with van der Waals surface area (Å²) in [7, 11) is 1.70. The van der Waals surface area contributed by atoms with Crippen LogP contribution < -0.4 is 10.2 Å². The summed E-state index contributed by atoms with van der Waals surface area (Å²) in [5, 5.41) is 2.85. The van der Waals surface area contributed by atoms with Gasteiger partial charge in [0, 0.05) is 30.2 Å². The van der Waals surface area contributed by atoms with Crippen molar-refractivity contribution in [3.05, 3.63) is 89.2 Å². The summed E-state index contributed by atoms with van der Waals surface area (Å²) in [4.78, 5) is 31.0. The number of hydrogen-bond acceptors (Lipinski definition) is 3. The van der Waals surface area contributed by atoms with E-state index in [1.807, 2.05) is 62.4 Å². The summed E-state index contributed by atoms with van der Waals surface area (Å²) in [6.45, 7) is 3.93. The monoisotopic (exact) mass is 359 g/mol. The number of hydrogen-bond donors (Lipinski definition) is 1. The smallest absolute Gasteiger partial charge is 0.274 e. The minimum absolute atomic E-state index is 0.197. The van der Waals surface area contributed by atoms with Crippen molar-refractivity contribution in [2.75, 3.05) is 17.3 Å². The van der Waals surface area contributed by atoms with E-state index in [2.05, 4.69) is 10.3 Å². The number of nitrogens with one attached hydrogen (secondary N) is 1. The topological polar surface area (TPSA) is 62.3 Å². The van der Waals surface area contributed by atoms with Crippen molar-refractivity contribution in [1.82, 2.24) is 4.98 Å². The number of nitrogens with zero attached hydrogens (tertiary/aromatic N) is 2. The number of rotatable bonds is 4. The summed E-state index contributed by atoms with van der Waals surface area (Å²) in [5.41, 5.74) is 4.20. The second kappa shape index (κ2) is 7.83. The van der Waals surface area contributed by atoms with Gasteiger partial charge < -0.3 is 10.2 Å². The molecule has 2 aromatic carbocycles. The van der Waals surface area contributed by atoms with Gasteiger partial charge in [0.1, 0.15) is 5.69 Å². The maximum atomic E-state index is 12.7. The lowest BCUT2D eigenvalue weighted by molar-refractivity contribution is 0.0993. The molecule has 0 fully saturated rings. The van der Waals surface area contributed by atoms with Crippen molar-refractivity contribution >= 4 is 23.2 Å². The van der Waals surface area contributed by atoms with Crippen molar-refractivity contribution in [2.24, 2.45) is 0 Å². The highest BCUT2D eigenvalue weighted by atomic mass is 16.2. The highest BCUT2D eigenvalue weighted by Gasteiger charge is 2.16. The second-order valence-electron chi connectivity index (χ2n) is 6.40. The molecular weight excluding hydrogens is 338 g/mol. The van der Waals surface area contributed by atoms with Crippen molar-refractivity contribution in [2.45, 2.75) is 13.8 Å². The average molecular weight is 359 g/mol. The Bertz CT molecular complexity index is 984.